The molecule has 13 nitrogen and oxygen atoms in total. The summed E-state index contributed by atoms with van der Waals surface area (Å²) in [5.41, 5.74) is 1.72. The Balaban J connectivity index is 1.14. The second-order valence-electron chi connectivity index (χ2n) is 18.9. The molecule has 1 saturated heterocycles. The number of allylic oxidation sites excluding steroid dienone is 1. The summed E-state index contributed by atoms with van der Waals surface area (Å²) in [6, 6.07) is 21.2. The first kappa shape index (κ1) is 44.7. The molecule has 0 radical (unpaired) electrons. The highest BCUT2D eigenvalue weighted by molar-refractivity contribution is 7.90. The van der Waals surface area contributed by atoms with Gasteiger partial charge < -0.3 is 18.8 Å². The Kier molecular flexibility index (Phi) is 12.0. The SMILES string of the molecule is C=C[C@@H]1C[C@]1(CC(=O)[C@@H]1C[C@@H](Oc2nc(-c3ccc(OC(C)C)cc3)nc3c2oc2ccccc23)CN1C(=O)[C@@H](Cc1ccc(C(=O)CC)cc1)C(C)(C)C)C(=O)NS(=O)(=O)C1CC1. The van der Waals surface area contributed by atoms with Gasteiger partial charge in [-0.05, 0) is 92.8 Å². The number of aromatic nitrogens is 2. The highest BCUT2D eigenvalue weighted by Gasteiger charge is 2.61. The number of rotatable bonds is 17. The van der Waals surface area contributed by atoms with Crippen LogP contribution in [0, 0.1) is 22.7 Å². The average Bonchev–Trinajstić information content (AvgIpc) is 4.17. The molecule has 14 heteroatoms. The van der Waals surface area contributed by atoms with Gasteiger partial charge in [0.2, 0.25) is 27.4 Å². The molecule has 2 aliphatic carbocycles. The van der Waals surface area contributed by atoms with Crippen LogP contribution in [0.5, 0.6) is 11.6 Å². The van der Waals surface area contributed by atoms with Crippen LogP contribution in [-0.4, -0.2) is 76.7 Å². The minimum Gasteiger partial charge on any atom is -0.491 e. The highest BCUT2D eigenvalue weighted by Crippen LogP contribution is 2.57. The molecule has 3 aliphatic rings. The molecule has 2 amide bonds. The van der Waals surface area contributed by atoms with Crippen LogP contribution in [0.2, 0.25) is 0 Å². The van der Waals surface area contributed by atoms with E-state index in [2.05, 4.69) is 11.3 Å². The van der Waals surface area contributed by atoms with Crippen LogP contribution < -0.4 is 14.2 Å². The molecule has 0 unspecified atom stereocenters. The largest absolute Gasteiger partial charge is 0.491 e. The Hall–Kier alpha value is -5.89. The fourth-order valence-electron chi connectivity index (χ4n) is 8.86. The van der Waals surface area contributed by atoms with Crippen molar-refractivity contribution in [1.82, 2.24) is 19.6 Å². The van der Waals surface area contributed by atoms with Gasteiger partial charge in [0.05, 0.1) is 29.4 Å². The quantitative estimate of drug-likeness (QED) is 0.0701. The molecule has 336 valence electrons. The number of ketones is 2. The number of carbonyl (C=O) groups is 4. The molecule has 5 aromatic rings. The number of nitrogens with one attached hydrogen (secondary N) is 1. The lowest BCUT2D eigenvalue weighted by molar-refractivity contribution is -0.144. The third-order valence-corrected chi connectivity index (χ3v) is 14.6. The summed E-state index contributed by atoms with van der Waals surface area (Å²) in [6.45, 7) is 15.6. The second kappa shape index (κ2) is 17.2. The Labute approximate surface area is 374 Å². The Morgan fingerprint density at radius 2 is 1.70 bits per heavy atom. The zero-order valence-electron chi connectivity index (χ0n) is 37.3. The number of hydrogen-bond acceptors (Lipinski definition) is 11. The van der Waals surface area contributed by atoms with Gasteiger partial charge in [0.1, 0.15) is 23.0 Å². The van der Waals surface area contributed by atoms with Crippen molar-refractivity contribution in [3.8, 4) is 23.0 Å². The number of fused-ring (bicyclic) bond motifs is 3. The first-order valence-electron chi connectivity index (χ1n) is 22.2. The summed E-state index contributed by atoms with van der Waals surface area (Å²) >= 11 is 0. The van der Waals surface area contributed by atoms with Crippen molar-refractivity contribution in [3.63, 3.8) is 0 Å². The predicted molar refractivity (Wildman–Crippen MR) is 243 cm³/mol. The van der Waals surface area contributed by atoms with E-state index in [-0.39, 0.29) is 55.3 Å². The lowest BCUT2D eigenvalue weighted by Crippen LogP contribution is -2.48. The van der Waals surface area contributed by atoms with Gasteiger partial charge in [-0.15, -0.1) is 6.58 Å². The maximum absolute atomic E-state index is 15.1. The number of hydrogen-bond donors (Lipinski definition) is 1. The van der Waals surface area contributed by atoms with Crippen molar-refractivity contribution in [2.45, 2.75) is 110 Å². The summed E-state index contributed by atoms with van der Waals surface area (Å²) < 4.78 is 47.1. The standard InChI is InChI=1S/C50H56N4O9S/c1-8-33-26-50(33,48(58)53-64(59,60)36-22-23-36)27-41(56)39-25-35(28-54(39)47(57)38(49(5,6)7)24-30-14-16-31(17-15-30)40(55)9-2)62-46-44-43(37-12-10-11-13-42(37)63-44)51-45(52-46)32-18-20-34(21-19-32)61-29(3)4/h8,10-21,29,33,35-36,38-39H,1,9,22-28H2,2-7H3,(H,53,58)/t33-,35-,38-,39+,50-/m1/s1. The maximum Gasteiger partial charge on any atom is 0.262 e. The summed E-state index contributed by atoms with van der Waals surface area (Å²) in [7, 11) is -3.88. The van der Waals surface area contributed by atoms with Crippen LogP contribution >= 0.6 is 0 Å². The number of carbonyl (C=O) groups excluding carboxylic acids is 4. The average molecular weight is 889 g/mol. The lowest BCUT2D eigenvalue weighted by Gasteiger charge is -2.35. The van der Waals surface area contributed by atoms with E-state index in [0.29, 0.717) is 65.1 Å². The van der Waals surface area contributed by atoms with Crippen LogP contribution in [0.1, 0.15) is 96.0 Å². The molecule has 1 aliphatic heterocycles. The maximum atomic E-state index is 15.1. The Bertz CT molecular complexity index is 2740. The van der Waals surface area contributed by atoms with Gasteiger partial charge in [0.15, 0.2) is 17.4 Å². The number of likely N-dealkylation sites (tertiary alicyclic amines) is 1. The minimum atomic E-state index is -3.88. The zero-order chi connectivity index (χ0) is 45.7. The molecule has 1 N–H and O–H groups in total. The fourth-order valence-corrected chi connectivity index (χ4v) is 10.2. The summed E-state index contributed by atoms with van der Waals surface area (Å²) in [5.74, 6) is -1.14. The van der Waals surface area contributed by atoms with Gasteiger partial charge in [-0.1, -0.05) is 70.2 Å². The van der Waals surface area contributed by atoms with E-state index in [1.165, 1.54) is 0 Å². The molecule has 3 heterocycles. The van der Waals surface area contributed by atoms with Gasteiger partial charge in [0, 0.05) is 41.7 Å². The van der Waals surface area contributed by atoms with E-state index in [4.69, 9.17) is 23.9 Å². The number of para-hydroxylation sites is 1. The van der Waals surface area contributed by atoms with E-state index in [9.17, 15) is 22.8 Å². The van der Waals surface area contributed by atoms with Crippen molar-refractivity contribution >= 4 is 55.5 Å². The van der Waals surface area contributed by atoms with Crippen molar-refractivity contribution in [2.24, 2.45) is 22.7 Å². The van der Waals surface area contributed by atoms with Crippen LogP contribution in [0.25, 0.3) is 33.5 Å². The highest BCUT2D eigenvalue weighted by atomic mass is 32.2. The first-order chi connectivity index (χ1) is 30.4. The van der Waals surface area contributed by atoms with Crippen LogP contribution in [0.3, 0.4) is 0 Å². The fraction of sp³-hybridized carbons (Fsp3) is 0.440. The molecule has 8 rings (SSSR count). The van der Waals surface area contributed by atoms with Crippen molar-refractivity contribution in [2.75, 3.05) is 6.54 Å². The minimum absolute atomic E-state index is 0.00844. The Morgan fingerprint density at radius 1 is 1.00 bits per heavy atom. The Morgan fingerprint density at radius 3 is 2.33 bits per heavy atom. The molecule has 2 aromatic heterocycles. The molecule has 64 heavy (non-hydrogen) atoms. The lowest BCUT2D eigenvalue weighted by atomic mass is 9.76. The van der Waals surface area contributed by atoms with Gasteiger partial charge in [-0.25, -0.2) is 13.4 Å². The second-order valence-corrected chi connectivity index (χ2v) is 20.9. The van der Waals surface area contributed by atoms with E-state index >= 15 is 4.79 Å². The summed E-state index contributed by atoms with van der Waals surface area (Å²) in [4.78, 5) is 67.5. The van der Waals surface area contributed by atoms with E-state index in [1.807, 2.05) is 102 Å². The van der Waals surface area contributed by atoms with Gasteiger partial charge in [-0.2, -0.15) is 4.98 Å². The number of sulfonamides is 1. The van der Waals surface area contributed by atoms with Crippen molar-refractivity contribution in [3.05, 3.63) is 96.6 Å². The summed E-state index contributed by atoms with van der Waals surface area (Å²) in [5, 5.41) is 0.137. The molecule has 3 aromatic carbocycles. The number of Topliss-reactive ketones (excluding diaryl/α,β-unsaturated/α-hetero) is 2. The topological polar surface area (TPSA) is 175 Å². The van der Waals surface area contributed by atoms with E-state index in [1.54, 1.807) is 23.1 Å². The van der Waals surface area contributed by atoms with E-state index in [0.717, 1.165) is 10.9 Å². The van der Waals surface area contributed by atoms with Gasteiger partial charge in [0.25, 0.3) is 5.88 Å². The number of furan rings is 1. The predicted octanol–water partition coefficient (Wildman–Crippen LogP) is 8.44. The molecule has 2 saturated carbocycles. The normalized spacial score (nSPS) is 21.5. The molecule has 3 fully saturated rings. The third kappa shape index (κ3) is 9.06. The van der Waals surface area contributed by atoms with Gasteiger partial charge >= 0.3 is 0 Å². The summed E-state index contributed by atoms with van der Waals surface area (Å²) in [6.07, 6.45) is 2.56. The van der Waals surface area contributed by atoms with Gasteiger partial charge in [-0.3, -0.25) is 23.9 Å². The van der Waals surface area contributed by atoms with Crippen LogP contribution in [-0.2, 0) is 30.8 Å². The molecular formula is C50H56N4O9S. The number of benzene rings is 3. The smallest absolute Gasteiger partial charge is 0.262 e. The molecule has 0 spiro atoms. The van der Waals surface area contributed by atoms with Crippen molar-refractivity contribution in [1.29, 1.82) is 0 Å². The molecule has 0 bridgehead atoms. The number of amides is 2. The molecule has 5 atom stereocenters. The molecular weight excluding hydrogens is 833 g/mol. The van der Waals surface area contributed by atoms with E-state index < -0.39 is 56.0 Å². The zero-order valence-corrected chi connectivity index (χ0v) is 38.1. The third-order valence-electron chi connectivity index (χ3n) is 12.8. The number of nitrogens with zero attached hydrogens (tertiary/aromatic N) is 3. The van der Waals surface area contributed by atoms with Crippen molar-refractivity contribution < 1.29 is 41.5 Å². The number of ether oxygens (including phenoxy) is 2. The van der Waals surface area contributed by atoms with Crippen LogP contribution in [0.15, 0.2) is 89.9 Å². The monoisotopic (exact) mass is 888 g/mol. The first-order valence-corrected chi connectivity index (χ1v) is 23.7. The van der Waals surface area contributed by atoms with Crippen LogP contribution in [0.4, 0.5) is 0 Å².